The lowest BCUT2D eigenvalue weighted by Crippen LogP contribution is -2.51. The van der Waals surface area contributed by atoms with Crippen molar-refractivity contribution in [3.8, 4) is 0 Å². The van der Waals surface area contributed by atoms with Crippen LogP contribution in [0.3, 0.4) is 0 Å². The number of halogens is 2. The lowest BCUT2D eigenvalue weighted by atomic mass is 10.2. The molecule has 9 heteroatoms. The van der Waals surface area contributed by atoms with Gasteiger partial charge < -0.3 is 4.90 Å². The largest absolute Gasteiger partial charge is 0.339 e. The summed E-state index contributed by atoms with van der Waals surface area (Å²) in [6.07, 6.45) is 4.22. The zero-order valence-electron chi connectivity index (χ0n) is 21.3. The highest BCUT2D eigenvalue weighted by atomic mass is 35.5. The minimum Gasteiger partial charge on any atom is -0.339 e. The van der Waals surface area contributed by atoms with Gasteiger partial charge in [0, 0.05) is 39.3 Å². The van der Waals surface area contributed by atoms with Gasteiger partial charge in [0.25, 0.3) is 0 Å². The van der Waals surface area contributed by atoms with Crippen LogP contribution in [-0.4, -0.2) is 67.7 Å². The van der Waals surface area contributed by atoms with E-state index in [0.29, 0.717) is 28.7 Å². The predicted octanol–water partition coefficient (Wildman–Crippen LogP) is 5.35. The third-order valence-corrected chi connectivity index (χ3v) is 9.06. The van der Waals surface area contributed by atoms with Crippen LogP contribution in [0.1, 0.15) is 16.7 Å². The van der Waals surface area contributed by atoms with Crippen molar-refractivity contribution in [1.29, 1.82) is 0 Å². The van der Waals surface area contributed by atoms with Crippen molar-refractivity contribution in [3.05, 3.63) is 106 Å². The van der Waals surface area contributed by atoms with Crippen molar-refractivity contribution in [2.24, 2.45) is 0 Å². The number of hydrogen-bond donors (Lipinski definition) is 0. The first-order valence-corrected chi connectivity index (χ1v) is 14.6. The summed E-state index contributed by atoms with van der Waals surface area (Å²) in [5.41, 5.74) is 2.75. The number of amides is 1. The SMILES string of the molecule is Cc1ccc(S(=O)(=O)N(CC(=O)N2CCN(C/C=C/c3ccccc3)CC2)Cc2ccc(Cl)c(Cl)c2)cc1. The summed E-state index contributed by atoms with van der Waals surface area (Å²) in [5, 5.41) is 0.719. The Morgan fingerprint density at radius 1 is 0.921 bits per heavy atom. The van der Waals surface area contributed by atoms with Gasteiger partial charge in [0.05, 0.1) is 21.5 Å². The molecule has 0 atom stereocenters. The van der Waals surface area contributed by atoms with Crippen LogP contribution >= 0.6 is 23.2 Å². The molecular weight excluding hydrogens is 541 g/mol. The zero-order valence-corrected chi connectivity index (χ0v) is 23.6. The Bertz CT molecular complexity index is 1370. The lowest BCUT2D eigenvalue weighted by Gasteiger charge is -2.35. The van der Waals surface area contributed by atoms with Gasteiger partial charge in [0.2, 0.25) is 15.9 Å². The van der Waals surface area contributed by atoms with Crippen molar-refractivity contribution in [1.82, 2.24) is 14.1 Å². The Hall–Kier alpha value is -2.68. The summed E-state index contributed by atoms with van der Waals surface area (Å²) < 4.78 is 28.4. The number of hydrogen-bond acceptors (Lipinski definition) is 4. The number of rotatable bonds is 9. The number of aryl methyl sites for hydroxylation is 1. The van der Waals surface area contributed by atoms with E-state index in [9.17, 15) is 13.2 Å². The highest BCUT2D eigenvalue weighted by Crippen LogP contribution is 2.25. The maximum atomic E-state index is 13.6. The summed E-state index contributed by atoms with van der Waals surface area (Å²) in [6.45, 7) is 4.97. The van der Waals surface area contributed by atoms with Crippen LogP contribution in [0, 0.1) is 6.92 Å². The lowest BCUT2D eigenvalue weighted by molar-refractivity contribution is -0.133. The molecule has 1 fully saturated rings. The van der Waals surface area contributed by atoms with Crippen LogP contribution < -0.4 is 0 Å². The van der Waals surface area contributed by atoms with Crippen molar-refractivity contribution < 1.29 is 13.2 Å². The van der Waals surface area contributed by atoms with E-state index in [1.165, 1.54) is 4.31 Å². The Kier molecular flexibility index (Phi) is 9.63. The Morgan fingerprint density at radius 3 is 2.26 bits per heavy atom. The minimum absolute atomic E-state index is 0.00306. The molecule has 0 radical (unpaired) electrons. The van der Waals surface area contributed by atoms with Gasteiger partial charge >= 0.3 is 0 Å². The van der Waals surface area contributed by atoms with Gasteiger partial charge in [-0.15, -0.1) is 0 Å². The van der Waals surface area contributed by atoms with Gasteiger partial charge in [-0.1, -0.05) is 89.4 Å². The fourth-order valence-electron chi connectivity index (χ4n) is 4.26. The van der Waals surface area contributed by atoms with Gasteiger partial charge in [0.1, 0.15) is 0 Å². The second-order valence-electron chi connectivity index (χ2n) is 9.33. The van der Waals surface area contributed by atoms with E-state index in [0.717, 1.165) is 30.8 Å². The summed E-state index contributed by atoms with van der Waals surface area (Å²) in [5.74, 6) is -0.222. The molecule has 0 spiro atoms. The summed E-state index contributed by atoms with van der Waals surface area (Å²) >= 11 is 12.2. The maximum Gasteiger partial charge on any atom is 0.243 e. The molecule has 6 nitrogen and oxygen atoms in total. The number of piperazine rings is 1. The molecule has 0 saturated carbocycles. The average Bonchev–Trinajstić information content (AvgIpc) is 2.91. The van der Waals surface area contributed by atoms with Crippen molar-refractivity contribution >= 4 is 45.2 Å². The first kappa shape index (κ1) is 28.3. The second-order valence-corrected chi connectivity index (χ2v) is 12.1. The molecule has 4 rings (SSSR count). The van der Waals surface area contributed by atoms with Crippen LogP contribution in [-0.2, 0) is 21.4 Å². The van der Waals surface area contributed by atoms with Crippen LogP contribution in [0.25, 0.3) is 6.08 Å². The van der Waals surface area contributed by atoms with Crippen LogP contribution in [0.2, 0.25) is 10.0 Å². The van der Waals surface area contributed by atoms with Gasteiger partial charge in [-0.25, -0.2) is 8.42 Å². The van der Waals surface area contributed by atoms with Crippen LogP contribution in [0.15, 0.2) is 83.8 Å². The maximum absolute atomic E-state index is 13.6. The fraction of sp³-hybridized carbons (Fsp3) is 0.276. The molecule has 1 heterocycles. The minimum atomic E-state index is -3.93. The number of carbonyl (C=O) groups is 1. The fourth-order valence-corrected chi connectivity index (χ4v) is 5.96. The second kappa shape index (κ2) is 12.9. The van der Waals surface area contributed by atoms with E-state index in [2.05, 4.69) is 29.2 Å². The van der Waals surface area contributed by atoms with Crippen molar-refractivity contribution in [2.45, 2.75) is 18.4 Å². The summed E-state index contributed by atoms with van der Waals surface area (Å²) in [7, 11) is -3.93. The van der Waals surface area contributed by atoms with Gasteiger partial charge in [-0.2, -0.15) is 4.31 Å². The predicted molar refractivity (Wildman–Crippen MR) is 154 cm³/mol. The number of sulfonamides is 1. The standard InChI is InChI=1S/C29H31Cl2N3O3S/c1-23-9-12-26(13-10-23)38(36,37)34(21-25-11-14-27(30)28(31)20-25)22-29(35)33-18-16-32(17-19-33)15-5-8-24-6-3-2-4-7-24/h2-14,20H,15-19,21-22H2,1H3/b8-5+. The molecule has 3 aromatic carbocycles. The Balaban J connectivity index is 1.42. The number of carbonyl (C=O) groups excluding carboxylic acids is 1. The van der Waals surface area contributed by atoms with E-state index < -0.39 is 10.0 Å². The third-order valence-electron chi connectivity index (χ3n) is 6.51. The van der Waals surface area contributed by atoms with Gasteiger partial charge in [-0.3, -0.25) is 9.69 Å². The van der Waals surface area contributed by atoms with E-state index in [-0.39, 0.29) is 23.9 Å². The highest BCUT2D eigenvalue weighted by molar-refractivity contribution is 7.89. The molecule has 1 aliphatic rings. The molecule has 0 aliphatic carbocycles. The molecule has 0 N–H and O–H groups in total. The number of nitrogens with zero attached hydrogens (tertiary/aromatic N) is 3. The summed E-state index contributed by atoms with van der Waals surface area (Å²) in [6, 6.07) is 21.7. The zero-order chi connectivity index (χ0) is 27.1. The number of benzene rings is 3. The van der Waals surface area contributed by atoms with Crippen LogP contribution in [0.5, 0.6) is 0 Å². The highest BCUT2D eigenvalue weighted by Gasteiger charge is 2.30. The molecular formula is C29H31Cl2N3O3S. The first-order valence-electron chi connectivity index (χ1n) is 12.4. The van der Waals surface area contributed by atoms with Gasteiger partial charge in [-0.05, 0) is 42.3 Å². The quantitative estimate of drug-likeness (QED) is 0.347. The molecule has 0 aromatic heterocycles. The molecule has 38 heavy (non-hydrogen) atoms. The molecule has 3 aromatic rings. The van der Waals surface area contributed by atoms with E-state index in [1.54, 1.807) is 47.4 Å². The van der Waals surface area contributed by atoms with Crippen LogP contribution in [0.4, 0.5) is 0 Å². The topological polar surface area (TPSA) is 60.9 Å². The third kappa shape index (κ3) is 7.46. The first-order chi connectivity index (χ1) is 18.2. The molecule has 1 saturated heterocycles. The average molecular weight is 573 g/mol. The molecule has 200 valence electrons. The normalized spacial score (nSPS) is 14.9. The van der Waals surface area contributed by atoms with E-state index in [4.69, 9.17) is 23.2 Å². The van der Waals surface area contributed by atoms with E-state index in [1.807, 2.05) is 25.1 Å². The Morgan fingerprint density at radius 2 is 1.61 bits per heavy atom. The van der Waals surface area contributed by atoms with Crippen molar-refractivity contribution in [3.63, 3.8) is 0 Å². The smallest absolute Gasteiger partial charge is 0.243 e. The molecule has 1 aliphatic heterocycles. The molecule has 0 bridgehead atoms. The summed E-state index contributed by atoms with van der Waals surface area (Å²) in [4.78, 5) is 17.5. The van der Waals surface area contributed by atoms with Crippen molar-refractivity contribution in [2.75, 3.05) is 39.3 Å². The monoisotopic (exact) mass is 571 g/mol. The van der Waals surface area contributed by atoms with Gasteiger partial charge in [0.15, 0.2) is 0 Å². The molecule has 0 unspecified atom stereocenters. The Labute approximate surface area is 235 Å². The van der Waals surface area contributed by atoms with E-state index >= 15 is 0 Å². The molecule has 1 amide bonds.